The van der Waals surface area contributed by atoms with Crippen LogP contribution in [0.5, 0.6) is 0 Å². The Labute approximate surface area is 128 Å². The molecule has 0 saturated heterocycles. The summed E-state index contributed by atoms with van der Waals surface area (Å²) in [6.45, 7) is 3.42. The Bertz CT molecular complexity index is 360. The predicted octanol–water partition coefficient (Wildman–Crippen LogP) is -0.0522. The van der Waals surface area contributed by atoms with E-state index in [4.69, 9.17) is 9.47 Å². The molecule has 0 unspecified atom stereocenters. The molecule has 21 heavy (non-hydrogen) atoms. The smallest absolute Gasteiger partial charge is 0.279 e. The fourth-order valence-electron chi connectivity index (χ4n) is 1.75. The Morgan fingerprint density at radius 1 is 1.14 bits per heavy atom. The molecule has 0 aromatic carbocycles. The molecule has 1 fully saturated rings. The van der Waals surface area contributed by atoms with E-state index in [9.17, 15) is 8.42 Å². The lowest BCUT2D eigenvalue weighted by atomic mass is 10.4. The lowest BCUT2D eigenvalue weighted by Crippen LogP contribution is -2.40. The van der Waals surface area contributed by atoms with E-state index in [2.05, 4.69) is 10.0 Å². The molecule has 8 heteroatoms. The van der Waals surface area contributed by atoms with E-state index in [0.717, 1.165) is 13.0 Å². The van der Waals surface area contributed by atoms with E-state index >= 15 is 0 Å². The second-order valence-electron chi connectivity index (χ2n) is 5.26. The molecule has 2 N–H and O–H groups in total. The molecule has 7 nitrogen and oxygen atoms in total. The topological polar surface area (TPSA) is 79.9 Å². The first kappa shape index (κ1) is 18.8. The van der Waals surface area contributed by atoms with Crippen LogP contribution >= 0.6 is 0 Å². The van der Waals surface area contributed by atoms with Crippen molar-refractivity contribution in [3.8, 4) is 0 Å². The minimum absolute atomic E-state index is 0.389. The zero-order chi connectivity index (χ0) is 15.6. The van der Waals surface area contributed by atoms with Gasteiger partial charge in [0.25, 0.3) is 10.2 Å². The molecule has 0 heterocycles. The molecular weight excluding hydrogens is 294 g/mol. The van der Waals surface area contributed by atoms with Crippen molar-refractivity contribution < 1.29 is 17.9 Å². The Kier molecular flexibility index (Phi) is 9.37. The van der Waals surface area contributed by atoms with Crippen LogP contribution in [0.3, 0.4) is 0 Å². The van der Waals surface area contributed by atoms with Crippen molar-refractivity contribution in [1.29, 1.82) is 0 Å². The van der Waals surface area contributed by atoms with Gasteiger partial charge in [0.1, 0.15) is 0 Å². The maximum absolute atomic E-state index is 11.9. The molecule has 1 saturated carbocycles. The molecule has 0 aliphatic heterocycles. The molecule has 0 radical (unpaired) electrons. The van der Waals surface area contributed by atoms with E-state index in [1.165, 1.54) is 17.1 Å². The number of hydrogen-bond acceptors (Lipinski definition) is 5. The Balaban J connectivity index is 2.01. The molecule has 1 rings (SSSR count). The number of hydrogen-bond donors (Lipinski definition) is 2. The van der Waals surface area contributed by atoms with Gasteiger partial charge in [0.05, 0.1) is 13.2 Å². The maximum Gasteiger partial charge on any atom is 0.279 e. The SMILES string of the molecule is COCCOCCCNS(=O)(=O)N(C)CCCNC1CC1. The van der Waals surface area contributed by atoms with Crippen LogP contribution in [-0.2, 0) is 19.7 Å². The number of nitrogens with zero attached hydrogens (tertiary/aromatic N) is 1. The zero-order valence-electron chi connectivity index (χ0n) is 13.1. The highest BCUT2D eigenvalue weighted by Gasteiger charge is 2.20. The second-order valence-corrected chi connectivity index (χ2v) is 7.12. The average molecular weight is 323 g/mol. The normalized spacial score (nSPS) is 15.8. The van der Waals surface area contributed by atoms with Gasteiger partial charge >= 0.3 is 0 Å². The van der Waals surface area contributed by atoms with Gasteiger partial charge in [0, 0.05) is 39.9 Å². The van der Waals surface area contributed by atoms with E-state index in [0.29, 0.717) is 45.4 Å². The van der Waals surface area contributed by atoms with Crippen LogP contribution in [-0.4, -0.2) is 72.4 Å². The summed E-state index contributed by atoms with van der Waals surface area (Å²) in [5.41, 5.74) is 0. The molecule has 0 spiro atoms. The zero-order valence-corrected chi connectivity index (χ0v) is 14.0. The van der Waals surface area contributed by atoms with Gasteiger partial charge in [0.15, 0.2) is 0 Å². The largest absolute Gasteiger partial charge is 0.382 e. The van der Waals surface area contributed by atoms with Crippen LogP contribution < -0.4 is 10.0 Å². The van der Waals surface area contributed by atoms with Gasteiger partial charge in [-0.1, -0.05) is 0 Å². The minimum Gasteiger partial charge on any atom is -0.382 e. The summed E-state index contributed by atoms with van der Waals surface area (Å²) < 4.78 is 38.0. The van der Waals surface area contributed by atoms with Crippen molar-refractivity contribution in [3.05, 3.63) is 0 Å². The minimum atomic E-state index is -3.37. The highest BCUT2D eigenvalue weighted by molar-refractivity contribution is 7.87. The molecule has 1 aliphatic rings. The van der Waals surface area contributed by atoms with Crippen molar-refractivity contribution in [2.75, 3.05) is 53.6 Å². The summed E-state index contributed by atoms with van der Waals surface area (Å²) in [6.07, 6.45) is 3.98. The molecule has 0 aromatic heterocycles. The fraction of sp³-hybridized carbons (Fsp3) is 1.00. The van der Waals surface area contributed by atoms with Crippen molar-refractivity contribution >= 4 is 10.2 Å². The first-order valence-electron chi connectivity index (χ1n) is 7.57. The highest BCUT2D eigenvalue weighted by Crippen LogP contribution is 2.18. The molecule has 0 aromatic rings. The van der Waals surface area contributed by atoms with Crippen molar-refractivity contribution in [2.45, 2.75) is 31.7 Å². The standard InChI is InChI=1S/C13H29N3O4S/c1-16(9-3-7-14-13-5-6-13)21(17,18)15-8-4-10-20-12-11-19-2/h13-15H,3-12H2,1-2H3. The highest BCUT2D eigenvalue weighted by atomic mass is 32.2. The van der Waals surface area contributed by atoms with Crippen LogP contribution in [0.4, 0.5) is 0 Å². The van der Waals surface area contributed by atoms with Crippen molar-refractivity contribution in [1.82, 2.24) is 14.3 Å². The van der Waals surface area contributed by atoms with E-state index < -0.39 is 10.2 Å². The second kappa shape index (κ2) is 10.5. The van der Waals surface area contributed by atoms with Gasteiger partial charge in [-0.3, -0.25) is 0 Å². The average Bonchev–Trinajstić information content (AvgIpc) is 3.26. The number of nitrogens with one attached hydrogen (secondary N) is 2. The third-order valence-corrected chi connectivity index (χ3v) is 4.82. The van der Waals surface area contributed by atoms with Gasteiger partial charge < -0.3 is 14.8 Å². The van der Waals surface area contributed by atoms with E-state index in [1.54, 1.807) is 14.2 Å². The van der Waals surface area contributed by atoms with Crippen molar-refractivity contribution in [2.24, 2.45) is 0 Å². The fourth-order valence-corrected chi connectivity index (χ4v) is 2.74. The predicted molar refractivity (Wildman–Crippen MR) is 82.5 cm³/mol. The van der Waals surface area contributed by atoms with Gasteiger partial charge in [-0.05, 0) is 32.2 Å². The Morgan fingerprint density at radius 2 is 1.90 bits per heavy atom. The maximum atomic E-state index is 11.9. The lowest BCUT2D eigenvalue weighted by molar-refractivity contribution is 0.0699. The molecule has 0 atom stereocenters. The summed E-state index contributed by atoms with van der Waals surface area (Å²) in [4.78, 5) is 0. The van der Waals surface area contributed by atoms with Gasteiger partial charge in [0.2, 0.25) is 0 Å². The lowest BCUT2D eigenvalue weighted by Gasteiger charge is -2.17. The number of methoxy groups -OCH3 is 1. The molecule has 126 valence electrons. The first-order valence-corrected chi connectivity index (χ1v) is 9.01. The van der Waals surface area contributed by atoms with Crippen molar-refractivity contribution in [3.63, 3.8) is 0 Å². The first-order chi connectivity index (χ1) is 10.1. The molecule has 0 amide bonds. The monoisotopic (exact) mass is 323 g/mol. The third kappa shape index (κ3) is 9.38. The Morgan fingerprint density at radius 3 is 2.57 bits per heavy atom. The summed E-state index contributed by atoms with van der Waals surface area (Å²) in [5, 5.41) is 3.37. The van der Waals surface area contributed by atoms with Crippen LogP contribution in [0.1, 0.15) is 25.7 Å². The summed E-state index contributed by atoms with van der Waals surface area (Å²) in [6, 6.07) is 0.670. The van der Waals surface area contributed by atoms with Crippen LogP contribution in [0, 0.1) is 0 Å². The molecule has 1 aliphatic carbocycles. The van der Waals surface area contributed by atoms with Crippen LogP contribution in [0.15, 0.2) is 0 Å². The van der Waals surface area contributed by atoms with Crippen LogP contribution in [0.2, 0.25) is 0 Å². The number of rotatable bonds is 14. The Hall–Kier alpha value is -0.250. The molecular formula is C13H29N3O4S. The third-order valence-electron chi connectivity index (χ3n) is 3.25. The summed E-state index contributed by atoms with van der Waals surface area (Å²) in [7, 11) is -0.143. The van der Waals surface area contributed by atoms with E-state index in [1.807, 2.05) is 0 Å². The quantitative estimate of drug-likeness (QED) is 0.438. The van der Waals surface area contributed by atoms with E-state index in [-0.39, 0.29) is 0 Å². The van der Waals surface area contributed by atoms with Gasteiger partial charge in [-0.15, -0.1) is 0 Å². The van der Waals surface area contributed by atoms with Crippen LogP contribution in [0.25, 0.3) is 0 Å². The molecule has 0 bridgehead atoms. The summed E-state index contributed by atoms with van der Waals surface area (Å²) in [5.74, 6) is 0. The van der Waals surface area contributed by atoms with Gasteiger partial charge in [-0.25, -0.2) is 4.72 Å². The summed E-state index contributed by atoms with van der Waals surface area (Å²) >= 11 is 0. The van der Waals surface area contributed by atoms with Gasteiger partial charge in [-0.2, -0.15) is 12.7 Å². The number of ether oxygens (including phenoxy) is 2.